The summed E-state index contributed by atoms with van der Waals surface area (Å²) in [6, 6.07) is 5.93. The third kappa shape index (κ3) is 5.22. The molecule has 144 valence electrons. The molecule has 0 aliphatic rings. The van der Waals surface area contributed by atoms with E-state index >= 15 is 0 Å². The van der Waals surface area contributed by atoms with Gasteiger partial charge in [-0.05, 0) is 36.4 Å². The Bertz CT molecular complexity index is 874. The van der Waals surface area contributed by atoms with Gasteiger partial charge in [0.15, 0.2) is 0 Å². The number of alkyl halides is 6. The van der Waals surface area contributed by atoms with Gasteiger partial charge in [0.05, 0.1) is 16.8 Å². The molecule has 0 radical (unpaired) electrons. The van der Waals surface area contributed by atoms with Crippen LogP contribution in [0.4, 0.5) is 37.7 Å². The molecule has 2 amide bonds. The van der Waals surface area contributed by atoms with Crippen LogP contribution in [0.2, 0.25) is 0 Å². The monoisotopic (exact) mass is 390 g/mol. The van der Waals surface area contributed by atoms with Crippen LogP contribution in [-0.2, 0) is 17.1 Å². The summed E-state index contributed by atoms with van der Waals surface area (Å²) in [4.78, 5) is 23.1. The van der Waals surface area contributed by atoms with E-state index in [1.54, 1.807) is 0 Å². The van der Waals surface area contributed by atoms with Crippen LogP contribution in [-0.4, -0.2) is 11.8 Å². The SMILES string of the molecule is CC(=O)Nc1ccc(NC(=O)c2cccc(C(F)(F)F)c2)c(C(F)(F)F)c1. The highest BCUT2D eigenvalue weighted by molar-refractivity contribution is 6.05. The summed E-state index contributed by atoms with van der Waals surface area (Å²) in [6.07, 6.45) is -9.57. The Hall–Kier alpha value is -3.04. The molecule has 0 spiro atoms. The maximum absolute atomic E-state index is 13.2. The fraction of sp³-hybridized carbons (Fsp3) is 0.176. The Morgan fingerprint density at radius 1 is 0.852 bits per heavy atom. The zero-order valence-corrected chi connectivity index (χ0v) is 13.6. The minimum atomic E-state index is -4.87. The van der Waals surface area contributed by atoms with Crippen LogP contribution < -0.4 is 10.6 Å². The summed E-state index contributed by atoms with van der Waals surface area (Å²) < 4.78 is 77.8. The standard InChI is InChI=1S/C17H12F6N2O2/c1-9(26)24-12-5-6-14(13(8-12)17(21,22)23)25-15(27)10-3-2-4-11(7-10)16(18,19)20/h2-8H,1H3,(H,24,26)(H,25,27). The van der Waals surface area contributed by atoms with Gasteiger partial charge >= 0.3 is 12.4 Å². The van der Waals surface area contributed by atoms with Gasteiger partial charge in [0.25, 0.3) is 5.91 Å². The maximum atomic E-state index is 13.2. The fourth-order valence-electron chi connectivity index (χ4n) is 2.20. The summed E-state index contributed by atoms with van der Waals surface area (Å²) in [7, 11) is 0. The summed E-state index contributed by atoms with van der Waals surface area (Å²) in [5.41, 5.74) is -3.61. The highest BCUT2D eigenvalue weighted by Crippen LogP contribution is 2.37. The number of amides is 2. The van der Waals surface area contributed by atoms with Gasteiger partial charge in [-0.3, -0.25) is 9.59 Å². The molecular formula is C17H12F6N2O2. The summed E-state index contributed by atoms with van der Waals surface area (Å²) in [6.45, 7) is 1.11. The number of hydrogen-bond acceptors (Lipinski definition) is 2. The first-order valence-electron chi connectivity index (χ1n) is 7.35. The lowest BCUT2D eigenvalue weighted by atomic mass is 10.1. The van der Waals surface area contributed by atoms with E-state index in [0.717, 1.165) is 37.3 Å². The second kappa shape index (κ2) is 7.29. The first kappa shape index (κ1) is 20.3. The molecular weight excluding hydrogens is 378 g/mol. The van der Waals surface area contributed by atoms with Gasteiger partial charge < -0.3 is 10.6 Å². The predicted molar refractivity (Wildman–Crippen MR) is 85.1 cm³/mol. The van der Waals surface area contributed by atoms with Crippen molar-refractivity contribution >= 4 is 23.2 Å². The van der Waals surface area contributed by atoms with Crippen LogP contribution in [0.5, 0.6) is 0 Å². The fourth-order valence-corrected chi connectivity index (χ4v) is 2.20. The van der Waals surface area contributed by atoms with Crippen molar-refractivity contribution in [2.45, 2.75) is 19.3 Å². The summed E-state index contributed by atoms with van der Waals surface area (Å²) >= 11 is 0. The molecule has 0 aliphatic heterocycles. The highest BCUT2D eigenvalue weighted by Gasteiger charge is 2.35. The number of carbonyl (C=O) groups excluding carboxylic acids is 2. The van der Waals surface area contributed by atoms with Crippen LogP contribution in [0.3, 0.4) is 0 Å². The molecule has 2 N–H and O–H groups in total. The largest absolute Gasteiger partial charge is 0.418 e. The van der Waals surface area contributed by atoms with Crippen LogP contribution >= 0.6 is 0 Å². The van der Waals surface area contributed by atoms with E-state index in [-0.39, 0.29) is 5.69 Å². The molecule has 0 saturated carbocycles. The Morgan fingerprint density at radius 2 is 1.52 bits per heavy atom. The van der Waals surface area contributed by atoms with Gasteiger partial charge in [-0.25, -0.2) is 0 Å². The average molecular weight is 390 g/mol. The van der Waals surface area contributed by atoms with Gasteiger partial charge in [-0.15, -0.1) is 0 Å². The first-order chi connectivity index (χ1) is 12.4. The van der Waals surface area contributed by atoms with Gasteiger partial charge in [0.2, 0.25) is 5.91 Å². The van der Waals surface area contributed by atoms with Crippen LogP contribution in [0, 0.1) is 0 Å². The molecule has 2 aromatic carbocycles. The first-order valence-corrected chi connectivity index (χ1v) is 7.35. The Kier molecular flexibility index (Phi) is 5.48. The van der Waals surface area contributed by atoms with Gasteiger partial charge in [-0.1, -0.05) is 6.07 Å². The minimum absolute atomic E-state index is 0.146. The number of anilines is 2. The van der Waals surface area contributed by atoms with E-state index in [1.165, 1.54) is 0 Å². The summed E-state index contributed by atoms with van der Waals surface area (Å²) in [5, 5.41) is 4.13. The van der Waals surface area contributed by atoms with E-state index in [2.05, 4.69) is 5.32 Å². The van der Waals surface area contributed by atoms with E-state index in [4.69, 9.17) is 0 Å². The molecule has 2 rings (SSSR count). The average Bonchev–Trinajstić information content (AvgIpc) is 2.54. The predicted octanol–water partition coefficient (Wildman–Crippen LogP) is 4.93. The van der Waals surface area contributed by atoms with Crippen LogP contribution in [0.1, 0.15) is 28.4 Å². The molecule has 0 bridgehead atoms. The van der Waals surface area contributed by atoms with Crippen molar-refractivity contribution in [1.29, 1.82) is 0 Å². The number of carbonyl (C=O) groups is 2. The third-order valence-electron chi connectivity index (χ3n) is 3.35. The Morgan fingerprint density at radius 3 is 2.07 bits per heavy atom. The van der Waals surface area contributed by atoms with Crippen molar-refractivity contribution in [2.75, 3.05) is 10.6 Å². The lowest BCUT2D eigenvalue weighted by Crippen LogP contribution is -2.18. The quantitative estimate of drug-likeness (QED) is 0.730. The third-order valence-corrected chi connectivity index (χ3v) is 3.35. The Balaban J connectivity index is 2.36. The Labute approximate surface area is 149 Å². The highest BCUT2D eigenvalue weighted by atomic mass is 19.4. The number of nitrogens with one attached hydrogen (secondary N) is 2. The molecule has 2 aromatic rings. The molecule has 0 unspecified atom stereocenters. The van der Waals surface area contributed by atoms with E-state index in [9.17, 15) is 35.9 Å². The zero-order valence-electron chi connectivity index (χ0n) is 13.6. The van der Waals surface area contributed by atoms with Crippen molar-refractivity contribution in [3.8, 4) is 0 Å². The van der Waals surface area contributed by atoms with Crippen molar-refractivity contribution in [3.63, 3.8) is 0 Å². The van der Waals surface area contributed by atoms with Crippen molar-refractivity contribution in [2.24, 2.45) is 0 Å². The molecule has 0 atom stereocenters. The molecule has 10 heteroatoms. The van der Waals surface area contributed by atoms with Gasteiger partial charge in [0.1, 0.15) is 0 Å². The lowest BCUT2D eigenvalue weighted by molar-refractivity contribution is -0.138. The molecule has 0 saturated heterocycles. The smallest absolute Gasteiger partial charge is 0.326 e. The molecule has 0 aromatic heterocycles. The zero-order chi connectivity index (χ0) is 20.4. The minimum Gasteiger partial charge on any atom is -0.326 e. The lowest BCUT2D eigenvalue weighted by Gasteiger charge is -2.16. The number of benzene rings is 2. The normalized spacial score (nSPS) is 11.8. The topological polar surface area (TPSA) is 58.2 Å². The van der Waals surface area contributed by atoms with Gasteiger partial charge in [-0.2, -0.15) is 26.3 Å². The molecule has 0 heterocycles. The van der Waals surface area contributed by atoms with Crippen molar-refractivity contribution in [3.05, 3.63) is 59.2 Å². The molecule has 27 heavy (non-hydrogen) atoms. The summed E-state index contributed by atoms with van der Waals surface area (Å²) in [5.74, 6) is -1.73. The molecule has 4 nitrogen and oxygen atoms in total. The van der Waals surface area contributed by atoms with Crippen LogP contribution in [0.25, 0.3) is 0 Å². The second-order valence-corrected chi connectivity index (χ2v) is 5.47. The molecule has 0 fully saturated rings. The van der Waals surface area contributed by atoms with Crippen molar-refractivity contribution < 1.29 is 35.9 Å². The number of halogens is 6. The van der Waals surface area contributed by atoms with Crippen molar-refractivity contribution in [1.82, 2.24) is 0 Å². The van der Waals surface area contributed by atoms with E-state index in [0.29, 0.717) is 12.1 Å². The van der Waals surface area contributed by atoms with Gasteiger partial charge in [0, 0.05) is 18.2 Å². The maximum Gasteiger partial charge on any atom is 0.418 e. The number of rotatable bonds is 3. The van der Waals surface area contributed by atoms with Crippen LogP contribution in [0.15, 0.2) is 42.5 Å². The molecule has 0 aliphatic carbocycles. The van der Waals surface area contributed by atoms with E-state index in [1.807, 2.05) is 5.32 Å². The number of hydrogen-bond donors (Lipinski definition) is 2. The second-order valence-electron chi connectivity index (χ2n) is 5.47. The van der Waals surface area contributed by atoms with E-state index < -0.39 is 46.5 Å².